The highest BCUT2D eigenvalue weighted by atomic mass is 16.3. The number of benzene rings is 2. The van der Waals surface area contributed by atoms with Crippen LogP contribution in [-0.4, -0.2) is 39.8 Å². The molecule has 3 rings (SSSR count). The van der Waals surface area contributed by atoms with Crippen molar-refractivity contribution in [1.29, 1.82) is 1.43 Å². The van der Waals surface area contributed by atoms with Crippen LogP contribution in [0.2, 0.25) is 0 Å². The summed E-state index contributed by atoms with van der Waals surface area (Å²) in [5.74, 6) is 0.576. The first-order chi connectivity index (χ1) is 10.8. The second-order valence-corrected chi connectivity index (χ2v) is 5.26. The lowest BCUT2D eigenvalue weighted by Crippen LogP contribution is -2.46. The summed E-state index contributed by atoms with van der Waals surface area (Å²) in [5.41, 5.74) is 3.60. The lowest BCUT2D eigenvalue weighted by Gasteiger charge is -2.37. The van der Waals surface area contributed by atoms with Gasteiger partial charge in [0.25, 0.3) is 1.43 Å². The molecule has 1 fully saturated rings. The third kappa shape index (κ3) is 3.05. The van der Waals surface area contributed by atoms with Gasteiger partial charge in [-0.2, -0.15) is 0 Å². The molecule has 0 spiro atoms. The molecule has 0 unspecified atom stereocenters. The minimum atomic E-state index is 0.576. The van der Waals surface area contributed by atoms with E-state index in [9.17, 15) is 0 Å². The summed E-state index contributed by atoms with van der Waals surface area (Å²) in [7, 11) is 1.94. The largest absolute Gasteiger partial charge is 0.508 e. The van der Waals surface area contributed by atoms with Gasteiger partial charge in [0.1, 0.15) is 5.75 Å². The van der Waals surface area contributed by atoms with Gasteiger partial charge >= 0.3 is 0 Å². The van der Waals surface area contributed by atoms with Crippen molar-refractivity contribution in [1.82, 2.24) is 0 Å². The fourth-order valence-electron chi connectivity index (χ4n) is 2.72. The normalized spacial score (nSPS) is 15.6. The maximum atomic E-state index is 6.88. The molecule has 0 atom stereocenters. The number of nitrogens with one attached hydrogen (secondary N) is 1. The summed E-state index contributed by atoms with van der Waals surface area (Å²) in [4.78, 5) is 4.78. The van der Waals surface area contributed by atoms with E-state index in [1.54, 1.807) is 0 Å². The van der Waals surface area contributed by atoms with E-state index in [4.69, 9.17) is 1.43 Å². The van der Waals surface area contributed by atoms with E-state index in [0.29, 0.717) is 5.75 Å². The number of hydrogen-bond acceptors (Lipinski definition) is 4. The number of phenols is 1. The molecule has 0 aromatic heterocycles. The molecule has 0 radical (unpaired) electrons. The second kappa shape index (κ2) is 5.95. The zero-order valence-electron chi connectivity index (χ0n) is 13.2. The molecular weight excluding hydrogens is 262 g/mol. The molecule has 0 aliphatic carbocycles. The summed E-state index contributed by atoms with van der Waals surface area (Å²) in [6, 6.07) is 16.3. The summed E-state index contributed by atoms with van der Waals surface area (Å²) < 4.78 is 6.88. The topological polar surface area (TPSA) is 38.7 Å². The van der Waals surface area contributed by atoms with E-state index in [0.717, 1.165) is 31.9 Å². The first-order valence-electron chi connectivity index (χ1n) is 7.72. The van der Waals surface area contributed by atoms with Crippen LogP contribution in [0.1, 0.15) is 0 Å². The Labute approximate surface area is 127 Å². The Hall–Kier alpha value is -2.36. The van der Waals surface area contributed by atoms with Gasteiger partial charge in [-0.15, -0.1) is 0 Å². The lowest BCUT2D eigenvalue weighted by molar-refractivity contribution is 0.475. The van der Waals surface area contributed by atoms with Crippen LogP contribution in [0.3, 0.4) is 0 Å². The molecule has 0 bridgehead atoms. The van der Waals surface area contributed by atoms with Crippen LogP contribution in [0.5, 0.6) is 5.75 Å². The molecule has 2 aromatic carbocycles. The summed E-state index contributed by atoms with van der Waals surface area (Å²) in [6.07, 6.45) is 0. The number of phenolic OH excluding ortho intramolecular Hbond substituents is 1. The Morgan fingerprint density at radius 2 is 1.33 bits per heavy atom. The highest BCUT2D eigenvalue weighted by Crippen LogP contribution is 2.23. The number of hydrogen-bond donors (Lipinski definition) is 2. The van der Waals surface area contributed by atoms with Crippen LogP contribution in [-0.2, 0) is 0 Å². The fourth-order valence-corrected chi connectivity index (χ4v) is 2.72. The standard InChI is InChI=1S/C17H21N3O/c1-18-14-2-4-15(5-3-14)19-10-12-20(13-11-19)16-6-8-17(21)9-7-16/h2-9,18,21H,10-13H2,1H3/i/hD. The van der Waals surface area contributed by atoms with Crippen LogP contribution in [0.4, 0.5) is 17.1 Å². The van der Waals surface area contributed by atoms with Crippen molar-refractivity contribution in [2.45, 2.75) is 0 Å². The molecule has 1 saturated heterocycles. The monoisotopic (exact) mass is 284 g/mol. The van der Waals surface area contributed by atoms with Gasteiger partial charge in [-0.05, 0) is 48.5 Å². The van der Waals surface area contributed by atoms with Gasteiger partial charge in [-0.25, -0.2) is 0 Å². The predicted octanol–water partition coefficient (Wildman–Crippen LogP) is 2.76. The third-order valence-corrected chi connectivity index (χ3v) is 4.00. The second-order valence-electron chi connectivity index (χ2n) is 5.26. The number of aromatic hydroxyl groups is 1. The van der Waals surface area contributed by atoms with Crippen LogP contribution in [0, 0.1) is 0 Å². The zero-order chi connectivity index (χ0) is 15.4. The van der Waals surface area contributed by atoms with Gasteiger partial charge in [0, 0.05) is 50.3 Å². The van der Waals surface area contributed by atoms with E-state index in [-0.39, 0.29) is 0 Å². The molecule has 110 valence electrons. The Kier molecular flexibility index (Phi) is 3.51. The summed E-state index contributed by atoms with van der Waals surface area (Å²) in [6.45, 7) is 4.01. The van der Waals surface area contributed by atoms with Crippen LogP contribution in [0.15, 0.2) is 48.5 Å². The average Bonchev–Trinajstić information content (AvgIpc) is 2.62. The highest BCUT2D eigenvalue weighted by molar-refractivity contribution is 5.56. The Morgan fingerprint density at radius 3 is 1.76 bits per heavy atom. The Morgan fingerprint density at radius 1 is 0.857 bits per heavy atom. The Bertz CT molecular complexity index is 537. The lowest BCUT2D eigenvalue weighted by atomic mass is 10.2. The first-order valence-corrected chi connectivity index (χ1v) is 7.31. The maximum absolute atomic E-state index is 6.88. The maximum Gasteiger partial charge on any atom is 0.293 e. The van der Waals surface area contributed by atoms with Crippen molar-refractivity contribution in [3.05, 3.63) is 48.5 Å². The predicted molar refractivity (Wildman–Crippen MR) is 88.5 cm³/mol. The molecule has 0 saturated carbocycles. The summed E-state index contributed by atoms with van der Waals surface area (Å²) >= 11 is 0. The van der Waals surface area contributed by atoms with Gasteiger partial charge in [0.15, 0.2) is 0 Å². The number of nitrogens with zero attached hydrogens (tertiary/aromatic N) is 2. The molecule has 2 N–H and O–H groups in total. The van der Waals surface area contributed by atoms with Gasteiger partial charge in [0.05, 0.1) is 0 Å². The number of rotatable bonds is 4. The number of piperazine rings is 1. The van der Waals surface area contributed by atoms with E-state index >= 15 is 0 Å². The van der Waals surface area contributed by atoms with Gasteiger partial charge in [-0.1, -0.05) is 0 Å². The Balaban J connectivity index is 1.61. The van der Waals surface area contributed by atoms with Crippen molar-refractivity contribution in [3.63, 3.8) is 0 Å². The van der Waals surface area contributed by atoms with Crippen molar-refractivity contribution in [2.75, 3.05) is 48.3 Å². The van der Waals surface area contributed by atoms with Crippen LogP contribution in [0.25, 0.3) is 0 Å². The van der Waals surface area contributed by atoms with Crippen LogP contribution >= 0.6 is 0 Å². The molecule has 1 heterocycles. The minimum Gasteiger partial charge on any atom is -0.508 e. The van der Waals surface area contributed by atoms with Gasteiger partial charge < -0.3 is 20.2 Å². The molecule has 21 heavy (non-hydrogen) atoms. The van der Waals surface area contributed by atoms with Crippen LogP contribution < -0.4 is 15.1 Å². The molecule has 4 heteroatoms. The van der Waals surface area contributed by atoms with Crippen molar-refractivity contribution >= 4 is 17.1 Å². The van der Waals surface area contributed by atoms with E-state index in [1.165, 1.54) is 11.4 Å². The molecule has 2 aromatic rings. The summed E-state index contributed by atoms with van der Waals surface area (Å²) in [5, 5.41) is 7.61. The highest BCUT2D eigenvalue weighted by Gasteiger charge is 2.17. The SMILES string of the molecule is [2H]Oc1ccc(N2CCN(c3ccc(NC)cc3)CC2)cc1. The fraction of sp³-hybridized carbons (Fsp3) is 0.294. The quantitative estimate of drug-likeness (QED) is 0.905. The van der Waals surface area contributed by atoms with E-state index in [2.05, 4.69) is 44.5 Å². The van der Waals surface area contributed by atoms with E-state index in [1.807, 2.05) is 31.3 Å². The molecule has 4 nitrogen and oxygen atoms in total. The third-order valence-electron chi connectivity index (χ3n) is 4.00. The minimum absolute atomic E-state index is 0.576. The van der Waals surface area contributed by atoms with Gasteiger partial charge in [0.2, 0.25) is 0 Å². The van der Waals surface area contributed by atoms with Crippen molar-refractivity contribution in [2.24, 2.45) is 0 Å². The van der Waals surface area contributed by atoms with Crippen molar-refractivity contribution < 1.29 is 5.11 Å². The molecule has 1 aliphatic heterocycles. The molecule has 0 amide bonds. The smallest absolute Gasteiger partial charge is 0.293 e. The molecule has 1 aliphatic rings. The molecular formula is C17H21N3O. The average molecular weight is 284 g/mol. The van der Waals surface area contributed by atoms with Crippen molar-refractivity contribution in [3.8, 4) is 5.75 Å². The zero-order valence-corrected chi connectivity index (χ0v) is 12.2. The first kappa shape index (κ1) is 12.4. The number of anilines is 3. The van der Waals surface area contributed by atoms with Gasteiger partial charge in [-0.3, -0.25) is 0 Å². The van der Waals surface area contributed by atoms with E-state index < -0.39 is 0 Å².